The van der Waals surface area contributed by atoms with Gasteiger partial charge in [-0.15, -0.1) is 12.4 Å². The van der Waals surface area contributed by atoms with Gasteiger partial charge in [0, 0.05) is 31.3 Å². The van der Waals surface area contributed by atoms with Gasteiger partial charge in [-0.05, 0) is 5.56 Å². The summed E-state index contributed by atoms with van der Waals surface area (Å²) in [5, 5.41) is 0. The number of carbonyl (C=O) groups is 1. The van der Waals surface area contributed by atoms with Crippen LogP contribution in [-0.2, 0) is 17.8 Å². The number of nitrogens with two attached hydrogens (primary N) is 1. The van der Waals surface area contributed by atoms with Crippen molar-refractivity contribution in [3.05, 3.63) is 53.2 Å². The van der Waals surface area contributed by atoms with E-state index in [9.17, 15) is 4.79 Å². The zero-order valence-corrected chi connectivity index (χ0v) is 14.9. The molecule has 0 aliphatic carbocycles. The lowest BCUT2D eigenvalue weighted by atomic mass is 10.0. The molecular weight excluding hydrogens is 326 g/mol. The maximum Gasteiger partial charge on any atom is 0.224 e. The number of halogens is 1. The highest BCUT2D eigenvalue weighted by Crippen LogP contribution is 2.25. The van der Waals surface area contributed by atoms with Crippen molar-refractivity contribution in [1.82, 2.24) is 9.88 Å². The smallest absolute Gasteiger partial charge is 0.224 e. The first-order chi connectivity index (χ1) is 11.0. The first-order valence-electron chi connectivity index (χ1n) is 8.11. The van der Waals surface area contributed by atoms with Crippen LogP contribution in [0.1, 0.15) is 55.1 Å². The van der Waals surface area contributed by atoms with Gasteiger partial charge in [-0.3, -0.25) is 4.79 Å². The van der Waals surface area contributed by atoms with E-state index in [2.05, 4.69) is 18.8 Å². The van der Waals surface area contributed by atoms with E-state index in [4.69, 9.17) is 10.2 Å². The minimum Gasteiger partial charge on any atom is -0.445 e. The summed E-state index contributed by atoms with van der Waals surface area (Å²) in [5.41, 5.74) is 8.04. The minimum atomic E-state index is -0.270. The number of hydrogen-bond acceptors (Lipinski definition) is 4. The molecule has 1 aliphatic rings. The van der Waals surface area contributed by atoms with Crippen LogP contribution in [0.15, 0.2) is 34.7 Å². The molecule has 0 spiro atoms. The van der Waals surface area contributed by atoms with Crippen molar-refractivity contribution in [3.8, 4) is 0 Å². The van der Waals surface area contributed by atoms with Crippen LogP contribution in [0, 0.1) is 0 Å². The van der Waals surface area contributed by atoms with Gasteiger partial charge >= 0.3 is 0 Å². The Morgan fingerprint density at radius 2 is 2.04 bits per heavy atom. The molecular formula is C18H24ClN3O2. The Bertz CT molecular complexity index is 685. The summed E-state index contributed by atoms with van der Waals surface area (Å²) in [6.45, 7) is 5.30. The quantitative estimate of drug-likeness (QED) is 0.920. The van der Waals surface area contributed by atoms with Crippen molar-refractivity contribution < 1.29 is 9.21 Å². The third kappa shape index (κ3) is 3.97. The molecule has 24 heavy (non-hydrogen) atoms. The monoisotopic (exact) mass is 349 g/mol. The van der Waals surface area contributed by atoms with Crippen molar-refractivity contribution in [1.29, 1.82) is 0 Å². The van der Waals surface area contributed by atoms with Crippen molar-refractivity contribution in [2.75, 3.05) is 6.54 Å². The molecule has 1 aromatic heterocycles. The number of aromatic nitrogens is 1. The van der Waals surface area contributed by atoms with Crippen LogP contribution in [-0.4, -0.2) is 22.3 Å². The molecule has 5 nitrogen and oxygen atoms in total. The van der Waals surface area contributed by atoms with Crippen molar-refractivity contribution in [2.45, 2.75) is 45.2 Å². The molecule has 0 bridgehead atoms. The number of carbonyl (C=O) groups excluding carboxylic acids is 1. The first kappa shape index (κ1) is 18.5. The van der Waals surface area contributed by atoms with Gasteiger partial charge in [0.05, 0.1) is 6.54 Å². The van der Waals surface area contributed by atoms with Gasteiger partial charge in [0.15, 0.2) is 5.89 Å². The highest BCUT2D eigenvalue weighted by molar-refractivity contribution is 5.85. The highest BCUT2D eigenvalue weighted by atomic mass is 35.5. The summed E-state index contributed by atoms with van der Waals surface area (Å²) < 4.78 is 5.77. The SMILES string of the molecule is CC(C)c1nc2c(o1)CCN(C(=O)CC(N)c1ccccc1)C2.Cl. The van der Waals surface area contributed by atoms with E-state index in [0.717, 1.165) is 29.3 Å². The normalized spacial score (nSPS) is 14.9. The molecule has 2 aromatic rings. The summed E-state index contributed by atoms with van der Waals surface area (Å²) in [6.07, 6.45) is 1.04. The average Bonchev–Trinajstić information content (AvgIpc) is 2.99. The summed E-state index contributed by atoms with van der Waals surface area (Å²) >= 11 is 0. The van der Waals surface area contributed by atoms with Gasteiger partial charge in [-0.1, -0.05) is 44.2 Å². The Morgan fingerprint density at radius 1 is 1.33 bits per heavy atom. The Balaban J connectivity index is 0.00000208. The second-order valence-electron chi connectivity index (χ2n) is 6.36. The summed E-state index contributed by atoms with van der Waals surface area (Å²) in [7, 11) is 0. The predicted octanol–water partition coefficient (Wildman–Crippen LogP) is 3.19. The van der Waals surface area contributed by atoms with Crippen molar-refractivity contribution >= 4 is 18.3 Å². The van der Waals surface area contributed by atoms with E-state index in [0.29, 0.717) is 19.5 Å². The molecule has 1 atom stereocenters. The number of rotatable bonds is 4. The lowest BCUT2D eigenvalue weighted by molar-refractivity contribution is -0.132. The van der Waals surface area contributed by atoms with E-state index in [1.165, 1.54) is 0 Å². The Labute approximate surface area is 148 Å². The van der Waals surface area contributed by atoms with E-state index < -0.39 is 0 Å². The van der Waals surface area contributed by atoms with E-state index in [-0.39, 0.29) is 30.3 Å². The Morgan fingerprint density at radius 3 is 2.71 bits per heavy atom. The minimum absolute atomic E-state index is 0. The van der Waals surface area contributed by atoms with Gasteiger partial charge in [0.2, 0.25) is 5.91 Å². The highest BCUT2D eigenvalue weighted by Gasteiger charge is 2.27. The molecule has 6 heteroatoms. The third-order valence-electron chi connectivity index (χ3n) is 4.21. The molecule has 1 unspecified atom stereocenters. The molecule has 0 fully saturated rings. The summed E-state index contributed by atoms with van der Waals surface area (Å²) in [4.78, 5) is 18.9. The van der Waals surface area contributed by atoms with Crippen LogP contribution in [0.2, 0.25) is 0 Å². The Hall–Kier alpha value is -1.85. The van der Waals surface area contributed by atoms with Gasteiger partial charge in [0.25, 0.3) is 0 Å². The number of nitrogens with zero attached hydrogens (tertiary/aromatic N) is 2. The molecule has 1 aliphatic heterocycles. The number of oxazole rings is 1. The standard InChI is InChI=1S/C18H23N3O2.ClH/c1-12(2)18-20-15-11-21(9-8-16(15)23-18)17(22)10-14(19)13-6-4-3-5-7-13;/h3-7,12,14H,8-11,19H2,1-2H3;1H. The maximum atomic E-state index is 12.5. The first-order valence-corrected chi connectivity index (χ1v) is 8.11. The average molecular weight is 350 g/mol. The molecule has 130 valence electrons. The predicted molar refractivity (Wildman–Crippen MR) is 94.9 cm³/mol. The molecule has 0 saturated carbocycles. The molecule has 2 N–H and O–H groups in total. The number of hydrogen-bond donors (Lipinski definition) is 1. The van der Waals surface area contributed by atoms with Crippen LogP contribution >= 0.6 is 12.4 Å². The van der Waals surface area contributed by atoms with Gasteiger partial charge in [0.1, 0.15) is 11.5 Å². The van der Waals surface area contributed by atoms with Crippen LogP contribution in [0.3, 0.4) is 0 Å². The second kappa shape index (κ2) is 7.81. The lowest BCUT2D eigenvalue weighted by Gasteiger charge is -2.26. The largest absolute Gasteiger partial charge is 0.445 e. The van der Waals surface area contributed by atoms with E-state index >= 15 is 0 Å². The molecule has 1 amide bonds. The van der Waals surface area contributed by atoms with Gasteiger partial charge in [-0.25, -0.2) is 4.98 Å². The topological polar surface area (TPSA) is 72.4 Å². The Kier molecular flexibility index (Phi) is 6.02. The third-order valence-corrected chi connectivity index (χ3v) is 4.21. The van der Waals surface area contributed by atoms with Crippen LogP contribution < -0.4 is 5.73 Å². The van der Waals surface area contributed by atoms with E-state index in [1.54, 1.807) is 0 Å². The van der Waals surface area contributed by atoms with Gasteiger partial charge in [-0.2, -0.15) is 0 Å². The molecule has 0 saturated heterocycles. The van der Waals surface area contributed by atoms with Crippen LogP contribution in [0.5, 0.6) is 0 Å². The fraction of sp³-hybridized carbons (Fsp3) is 0.444. The molecule has 3 rings (SSSR count). The lowest BCUT2D eigenvalue weighted by Crippen LogP contribution is -2.37. The molecule has 0 radical (unpaired) electrons. The zero-order valence-electron chi connectivity index (χ0n) is 14.1. The van der Waals surface area contributed by atoms with Gasteiger partial charge < -0.3 is 15.1 Å². The fourth-order valence-electron chi connectivity index (χ4n) is 2.81. The van der Waals surface area contributed by atoms with Crippen LogP contribution in [0.25, 0.3) is 0 Å². The fourth-order valence-corrected chi connectivity index (χ4v) is 2.81. The van der Waals surface area contributed by atoms with E-state index in [1.807, 2.05) is 35.2 Å². The summed E-state index contributed by atoms with van der Waals surface area (Å²) in [6, 6.07) is 9.47. The maximum absolute atomic E-state index is 12.5. The number of benzene rings is 1. The zero-order chi connectivity index (χ0) is 16.4. The number of amides is 1. The van der Waals surface area contributed by atoms with Crippen molar-refractivity contribution in [3.63, 3.8) is 0 Å². The second-order valence-corrected chi connectivity index (χ2v) is 6.36. The van der Waals surface area contributed by atoms with Crippen molar-refractivity contribution in [2.24, 2.45) is 5.73 Å². The molecule has 1 aromatic carbocycles. The molecule has 2 heterocycles. The number of fused-ring (bicyclic) bond motifs is 1. The van der Waals surface area contributed by atoms with Crippen LogP contribution in [0.4, 0.5) is 0 Å². The summed E-state index contributed by atoms with van der Waals surface area (Å²) in [5.74, 6) is 2.01.